The molecule has 0 saturated carbocycles. The van der Waals surface area contributed by atoms with Crippen molar-refractivity contribution in [3.63, 3.8) is 0 Å². The van der Waals surface area contributed by atoms with Crippen LogP contribution in [0.2, 0.25) is 0 Å². The molecule has 1 fully saturated rings. The highest BCUT2D eigenvalue weighted by Crippen LogP contribution is 2.17. The number of benzene rings is 1. The molecule has 0 radical (unpaired) electrons. The van der Waals surface area contributed by atoms with Crippen molar-refractivity contribution >= 4 is 5.69 Å². The van der Waals surface area contributed by atoms with Gasteiger partial charge in [0.25, 0.3) is 0 Å². The third kappa shape index (κ3) is 3.93. The zero-order chi connectivity index (χ0) is 13.7. The Morgan fingerprint density at radius 1 is 0.895 bits per heavy atom. The molecular weight excluding hydrogens is 240 g/mol. The van der Waals surface area contributed by atoms with E-state index >= 15 is 0 Å². The molecule has 0 amide bonds. The molecule has 1 saturated heterocycles. The highest BCUT2D eigenvalue weighted by Gasteiger charge is 2.24. The van der Waals surface area contributed by atoms with Crippen LogP contribution in [-0.2, 0) is 9.47 Å². The number of rotatable bonds is 3. The van der Waals surface area contributed by atoms with Crippen molar-refractivity contribution in [1.29, 1.82) is 0 Å². The molecule has 0 aromatic heterocycles. The molecule has 2 atom stereocenters. The van der Waals surface area contributed by atoms with Crippen molar-refractivity contribution in [3.05, 3.63) is 30.3 Å². The van der Waals surface area contributed by atoms with Gasteiger partial charge in [-0.15, -0.1) is 0 Å². The minimum absolute atomic E-state index is 0.225. The standard InChI is InChI=1S/C15H24N2O2/c1-16-9-14(18-2)11-17(12-15(10-16)19-3)13-7-5-4-6-8-13/h4-8,14-15H,9-12H2,1-3H3. The van der Waals surface area contributed by atoms with Crippen LogP contribution in [0.5, 0.6) is 0 Å². The largest absolute Gasteiger partial charge is 0.378 e. The number of hydrogen-bond acceptors (Lipinski definition) is 4. The second kappa shape index (κ2) is 6.89. The van der Waals surface area contributed by atoms with E-state index in [-0.39, 0.29) is 12.2 Å². The van der Waals surface area contributed by atoms with Gasteiger partial charge in [0.2, 0.25) is 0 Å². The average molecular weight is 264 g/mol. The molecule has 1 aliphatic heterocycles. The van der Waals surface area contributed by atoms with E-state index in [9.17, 15) is 0 Å². The molecule has 1 aliphatic rings. The fourth-order valence-electron chi connectivity index (χ4n) is 2.60. The minimum atomic E-state index is 0.225. The molecule has 4 heteroatoms. The van der Waals surface area contributed by atoms with E-state index in [4.69, 9.17) is 9.47 Å². The van der Waals surface area contributed by atoms with Gasteiger partial charge in [0.05, 0.1) is 12.2 Å². The maximum Gasteiger partial charge on any atom is 0.0872 e. The van der Waals surface area contributed by atoms with Gasteiger partial charge in [-0.2, -0.15) is 0 Å². The Balaban J connectivity index is 2.15. The molecule has 1 heterocycles. The van der Waals surface area contributed by atoms with E-state index in [0.29, 0.717) is 0 Å². The lowest BCUT2D eigenvalue weighted by molar-refractivity contribution is 0.0269. The maximum atomic E-state index is 5.59. The molecule has 2 unspecified atom stereocenters. The first-order chi connectivity index (χ1) is 9.22. The van der Waals surface area contributed by atoms with Crippen LogP contribution < -0.4 is 4.90 Å². The Morgan fingerprint density at radius 3 is 1.89 bits per heavy atom. The SMILES string of the molecule is COC1CN(C)CC(OC)CN(c2ccccc2)C1. The number of hydrogen-bond donors (Lipinski definition) is 0. The Bertz CT molecular complexity index is 356. The Morgan fingerprint density at radius 2 is 1.42 bits per heavy atom. The van der Waals surface area contributed by atoms with E-state index in [0.717, 1.165) is 26.2 Å². The van der Waals surface area contributed by atoms with Gasteiger partial charge in [0.15, 0.2) is 0 Å². The summed E-state index contributed by atoms with van der Waals surface area (Å²) in [5.41, 5.74) is 1.23. The number of anilines is 1. The molecule has 2 rings (SSSR count). The lowest BCUT2D eigenvalue weighted by Gasteiger charge is -2.37. The fourth-order valence-corrected chi connectivity index (χ4v) is 2.60. The van der Waals surface area contributed by atoms with E-state index in [1.165, 1.54) is 5.69 Å². The quantitative estimate of drug-likeness (QED) is 0.825. The van der Waals surface area contributed by atoms with Crippen molar-refractivity contribution in [2.24, 2.45) is 0 Å². The summed E-state index contributed by atoms with van der Waals surface area (Å²) in [6.07, 6.45) is 0.450. The summed E-state index contributed by atoms with van der Waals surface area (Å²) in [7, 11) is 5.70. The Hall–Kier alpha value is -1.10. The first-order valence-corrected chi connectivity index (χ1v) is 6.77. The van der Waals surface area contributed by atoms with Gasteiger partial charge in [-0.05, 0) is 19.2 Å². The summed E-state index contributed by atoms with van der Waals surface area (Å²) < 4.78 is 11.2. The molecule has 0 bridgehead atoms. The predicted molar refractivity (Wildman–Crippen MR) is 77.7 cm³/mol. The summed E-state index contributed by atoms with van der Waals surface area (Å²) in [5, 5.41) is 0. The van der Waals surface area contributed by atoms with Crippen molar-refractivity contribution in [2.75, 3.05) is 52.3 Å². The maximum absolute atomic E-state index is 5.59. The predicted octanol–water partition coefficient (Wildman–Crippen LogP) is 1.47. The highest BCUT2D eigenvalue weighted by atomic mass is 16.5. The third-order valence-electron chi connectivity index (χ3n) is 3.67. The van der Waals surface area contributed by atoms with Crippen LogP contribution in [0.15, 0.2) is 30.3 Å². The zero-order valence-corrected chi connectivity index (χ0v) is 12.1. The first kappa shape index (κ1) is 14.3. The van der Waals surface area contributed by atoms with Crippen LogP contribution in [0, 0.1) is 0 Å². The van der Waals surface area contributed by atoms with Crippen molar-refractivity contribution < 1.29 is 9.47 Å². The minimum Gasteiger partial charge on any atom is -0.378 e. The van der Waals surface area contributed by atoms with E-state index in [1.807, 2.05) is 6.07 Å². The van der Waals surface area contributed by atoms with Gasteiger partial charge < -0.3 is 19.3 Å². The first-order valence-electron chi connectivity index (χ1n) is 6.77. The van der Waals surface area contributed by atoms with Gasteiger partial charge in [-0.3, -0.25) is 0 Å². The van der Waals surface area contributed by atoms with Crippen LogP contribution in [0.1, 0.15) is 0 Å². The average Bonchev–Trinajstić information content (AvgIpc) is 2.43. The van der Waals surface area contributed by atoms with Crippen LogP contribution in [-0.4, -0.2) is 64.6 Å². The fraction of sp³-hybridized carbons (Fsp3) is 0.600. The Labute approximate surface area is 115 Å². The van der Waals surface area contributed by atoms with Gasteiger partial charge in [0.1, 0.15) is 0 Å². The lowest BCUT2D eigenvalue weighted by Crippen LogP contribution is -2.50. The molecule has 19 heavy (non-hydrogen) atoms. The summed E-state index contributed by atoms with van der Waals surface area (Å²) in [6, 6.07) is 10.5. The topological polar surface area (TPSA) is 24.9 Å². The number of likely N-dealkylation sites (N-methyl/N-ethyl adjacent to an activating group) is 1. The summed E-state index contributed by atoms with van der Waals surface area (Å²) in [4.78, 5) is 4.64. The van der Waals surface area contributed by atoms with Crippen molar-refractivity contribution in [3.8, 4) is 0 Å². The molecule has 0 N–H and O–H groups in total. The second-order valence-corrected chi connectivity index (χ2v) is 5.18. The smallest absolute Gasteiger partial charge is 0.0872 e. The van der Waals surface area contributed by atoms with E-state index in [1.54, 1.807) is 14.2 Å². The van der Waals surface area contributed by atoms with Crippen LogP contribution in [0.4, 0.5) is 5.69 Å². The van der Waals surface area contributed by atoms with E-state index < -0.39 is 0 Å². The van der Waals surface area contributed by atoms with Gasteiger partial charge >= 0.3 is 0 Å². The monoisotopic (exact) mass is 264 g/mol. The molecule has 1 aromatic rings. The van der Waals surface area contributed by atoms with Crippen LogP contribution >= 0.6 is 0 Å². The van der Waals surface area contributed by atoms with Crippen molar-refractivity contribution in [2.45, 2.75) is 12.2 Å². The summed E-state index contributed by atoms with van der Waals surface area (Å²) in [5.74, 6) is 0. The molecule has 106 valence electrons. The molecule has 4 nitrogen and oxygen atoms in total. The Kier molecular flexibility index (Phi) is 5.19. The van der Waals surface area contributed by atoms with Crippen LogP contribution in [0.25, 0.3) is 0 Å². The second-order valence-electron chi connectivity index (χ2n) is 5.18. The normalized spacial score (nSPS) is 25.9. The molecule has 1 aromatic carbocycles. The number of methoxy groups -OCH3 is 2. The summed E-state index contributed by atoms with van der Waals surface area (Å²) in [6.45, 7) is 3.65. The van der Waals surface area contributed by atoms with Gasteiger partial charge in [-0.25, -0.2) is 0 Å². The highest BCUT2D eigenvalue weighted by molar-refractivity contribution is 5.46. The number of para-hydroxylation sites is 1. The molecular formula is C15H24N2O2. The van der Waals surface area contributed by atoms with Gasteiger partial charge in [0, 0.05) is 46.1 Å². The molecule has 0 aliphatic carbocycles. The molecule has 0 spiro atoms. The number of ether oxygens (including phenoxy) is 2. The number of nitrogens with zero attached hydrogens (tertiary/aromatic N) is 2. The lowest BCUT2D eigenvalue weighted by atomic mass is 10.1. The van der Waals surface area contributed by atoms with E-state index in [2.05, 4.69) is 41.1 Å². The third-order valence-corrected chi connectivity index (χ3v) is 3.67. The van der Waals surface area contributed by atoms with Gasteiger partial charge in [-0.1, -0.05) is 18.2 Å². The summed E-state index contributed by atoms with van der Waals surface area (Å²) >= 11 is 0. The van der Waals surface area contributed by atoms with Crippen molar-refractivity contribution in [1.82, 2.24) is 4.90 Å². The van der Waals surface area contributed by atoms with Crippen LogP contribution in [0.3, 0.4) is 0 Å². The zero-order valence-electron chi connectivity index (χ0n) is 12.1.